The summed E-state index contributed by atoms with van der Waals surface area (Å²) in [4.78, 5) is 36.2. The molecule has 3 N–H and O–H groups in total. The van der Waals surface area contributed by atoms with Crippen LogP contribution in [0.2, 0.25) is 0 Å². The van der Waals surface area contributed by atoms with Gasteiger partial charge in [-0.15, -0.1) is 0 Å². The van der Waals surface area contributed by atoms with Crippen molar-refractivity contribution in [3.63, 3.8) is 0 Å². The van der Waals surface area contributed by atoms with E-state index in [1.165, 1.54) is 25.7 Å². The van der Waals surface area contributed by atoms with Gasteiger partial charge in [-0.25, -0.2) is 9.78 Å². The molecule has 0 saturated carbocycles. The Labute approximate surface area is 196 Å². The van der Waals surface area contributed by atoms with Crippen molar-refractivity contribution < 1.29 is 9.59 Å². The minimum absolute atomic E-state index is 0.0251. The van der Waals surface area contributed by atoms with E-state index in [0.717, 1.165) is 44.8 Å². The molecule has 0 radical (unpaired) electrons. The first-order valence-electron chi connectivity index (χ1n) is 12.4. The average molecular weight is 456 g/mol. The zero-order valence-electron chi connectivity index (χ0n) is 19.7. The lowest BCUT2D eigenvalue weighted by Crippen LogP contribution is -2.50. The molecule has 9 nitrogen and oxygen atoms in total. The number of piperidine rings is 1. The first kappa shape index (κ1) is 23.3. The number of carbonyl (C=O) groups excluding carboxylic acids is 2. The Morgan fingerprint density at radius 1 is 0.909 bits per heavy atom. The molecule has 4 heterocycles. The summed E-state index contributed by atoms with van der Waals surface area (Å²) in [5, 5.41) is 14.6. The number of likely N-dealkylation sites (tertiary alicyclic amines) is 2. The molecule has 180 valence electrons. The number of anilines is 2. The minimum Gasteiger partial charge on any atom is -0.373 e. The molecule has 0 bridgehead atoms. The summed E-state index contributed by atoms with van der Waals surface area (Å²) >= 11 is 0. The second-order valence-electron chi connectivity index (χ2n) is 9.30. The number of amides is 3. The highest BCUT2D eigenvalue weighted by Gasteiger charge is 2.29. The van der Waals surface area contributed by atoms with Crippen molar-refractivity contribution in [2.75, 3.05) is 56.5 Å². The van der Waals surface area contributed by atoms with Gasteiger partial charge in [-0.2, -0.15) is 0 Å². The highest BCUT2D eigenvalue weighted by Crippen LogP contribution is 2.23. The Morgan fingerprint density at radius 2 is 1.52 bits per heavy atom. The van der Waals surface area contributed by atoms with Crippen LogP contribution < -0.4 is 15.5 Å². The highest BCUT2D eigenvalue weighted by molar-refractivity contribution is 6.45. The molecular formula is C24H37N7O2. The van der Waals surface area contributed by atoms with Crippen molar-refractivity contribution in [1.82, 2.24) is 20.1 Å². The molecule has 1 aromatic rings. The molecular weight excluding hydrogens is 418 g/mol. The van der Waals surface area contributed by atoms with E-state index in [0.29, 0.717) is 37.3 Å². The molecule has 1 aromatic heterocycles. The van der Waals surface area contributed by atoms with Crippen LogP contribution in [0.5, 0.6) is 0 Å². The van der Waals surface area contributed by atoms with Crippen LogP contribution in [-0.4, -0.2) is 84.8 Å². The monoisotopic (exact) mass is 455 g/mol. The maximum absolute atomic E-state index is 12.8. The van der Waals surface area contributed by atoms with Gasteiger partial charge >= 0.3 is 6.03 Å². The molecule has 0 unspecified atom stereocenters. The predicted octanol–water partition coefficient (Wildman–Crippen LogP) is 2.67. The maximum atomic E-state index is 12.8. The third-order valence-electron chi connectivity index (χ3n) is 7.02. The largest absolute Gasteiger partial charge is 0.373 e. The summed E-state index contributed by atoms with van der Waals surface area (Å²) in [5.41, 5.74) is 0.431. The lowest BCUT2D eigenvalue weighted by atomic mass is 10.0. The smallest absolute Gasteiger partial charge is 0.319 e. The van der Waals surface area contributed by atoms with Crippen LogP contribution in [-0.2, 0) is 4.79 Å². The van der Waals surface area contributed by atoms with E-state index in [2.05, 4.69) is 15.5 Å². The van der Waals surface area contributed by atoms with Gasteiger partial charge in [-0.1, -0.05) is 12.8 Å². The fourth-order valence-electron chi connectivity index (χ4n) is 5.02. The molecule has 4 rings (SSSR count). The highest BCUT2D eigenvalue weighted by atomic mass is 16.2. The summed E-state index contributed by atoms with van der Waals surface area (Å²) in [6.45, 7) is 4.97. The fourth-order valence-corrected chi connectivity index (χ4v) is 5.02. The summed E-state index contributed by atoms with van der Waals surface area (Å²) in [7, 11) is 1.77. The van der Waals surface area contributed by atoms with E-state index < -0.39 is 0 Å². The van der Waals surface area contributed by atoms with Gasteiger partial charge in [0.15, 0.2) is 0 Å². The second-order valence-corrected chi connectivity index (χ2v) is 9.30. The van der Waals surface area contributed by atoms with E-state index in [1.807, 2.05) is 21.9 Å². The molecule has 3 fully saturated rings. The molecule has 3 aliphatic heterocycles. The number of rotatable bonds is 5. The molecule has 0 atom stereocenters. The summed E-state index contributed by atoms with van der Waals surface area (Å²) in [6.07, 6.45) is 8.43. The lowest BCUT2D eigenvalue weighted by molar-refractivity contribution is -0.115. The average Bonchev–Trinajstić information content (AvgIpc) is 3.25. The van der Waals surface area contributed by atoms with Crippen LogP contribution in [0.1, 0.15) is 56.9 Å². The van der Waals surface area contributed by atoms with Crippen LogP contribution >= 0.6 is 0 Å². The Bertz CT molecular complexity index is 852. The number of nitrogens with one attached hydrogen (secondary N) is 3. The van der Waals surface area contributed by atoms with Crippen molar-refractivity contribution in [2.45, 2.75) is 57.4 Å². The van der Waals surface area contributed by atoms with Crippen LogP contribution in [0.4, 0.5) is 16.4 Å². The van der Waals surface area contributed by atoms with Gasteiger partial charge in [0.1, 0.15) is 17.3 Å². The summed E-state index contributed by atoms with van der Waals surface area (Å²) < 4.78 is 0. The second kappa shape index (κ2) is 10.9. The molecule has 0 aromatic carbocycles. The van der Waals surface area contributed by atoms with Gasteiger partial charge in [0.05, 0.1) is 0 Å². The number of hydrogen-bond acceptors (Lipinski definition) is 6. The van der Waals surface area contributed by atoms with Crippen molar-refractivity contribution in [1.29, 1.82) is 5.41 Å². The van der Waals surface area contributed by atoms with Crippen LogP contribution in [0, 0.1) is 5.41 Å². The van der Waals surface area contributed by atoms with E-state index in [-0.39, 0.29) is 23.7 Å². The topological polar surface area (TPSA) is 105 Å². The third kappa shape index (κ3) is 5.57. The Balaban J connectivity index is 1.33. The molecule has 3 amide bonds. The molecule has 3 aliphatic rings. The SMILES string of the molecule is CNc1nc(N2CCCCCC2)ccc1C(=N)C(=O)NC1CCN(C(=O)N2CCCC2)CC1. The third-order valence-corrected chi connectivity index (χ3v) is 7.02. The standard InChI is InChI=1S/C24H37N7O2/c1-26-22-19(8-9-20(28-22)29-12-4-2-3-5-13-29)21(25)23(32)27-18-10-16-31(17-11-18)24(33)30-14-6-7-15-30/h8-9,18,25H,2-7,10-17H2,1H3,(H,26,28)(H,27,32). The quantitative estimate of drug-likeness (QED) is 0.592. The zero-order chi connectivity index (χ0) is 23.2. The number of hydrogen-bond donors (Lipinski definition) is 3. The number of urea groups is 1. The minimum atomic E-state index is -0.389. The predicted molar refractivity (Wildman–Crippen MR) is 130 cm³/mol. The van der Waals surface area contributed by atoms with E-state index in [1.54, 1.807) is 7.05 Å². The molecule has 3 saturated heterocycles. The number of pyridine rings is 1. The number of aromatic nitrogens is 1. The van der Waals surface area contributed by atoms with Gasteiger partial charge in [0.25, 0.3) is 5.91 Å². The van der Waals surface area contributed by atoms with Crippen molar-refractivity contribution in [3.8, 4) is 0 Å². The maximum Gasteiger partial charge on any atom is 0.319 e. The van der Waals surface area contributed by atoms with Gasteiger partial charge in [-0.3, -0.25) is 10.2 Å². The molecule has 33 heavy (non-hydrogen) atoms. The normalized spacial score (nSPS) is 19.8. The fraction of sp³-hybridized carbons (Fsp3) is 0.667. The van der Waals surface area contributed by atoms with E-state index in [9.17, 15) is 9.59 Å². The van der Waals surface area contributed by atoms with Crippen LogP contribution in [0.15, 0.2) is 12.1 Å². The van der Waals surface area contributed by atoms with E-state index >= 15 is 0 Å². The van der Waals surface area contributed by atoms with Gasteiger partial charge in [0, 0.05) is 57.9 Å². The first-order valence-corrected chi connectivity index (χ1v) is 12.4. The number of nitrogens with zero attached hydrogens (tertiary/aromatic N) is 4. The summed E-state index contributed by atoms with van der Waals surface area (Å²) in [5.74, 6) is 1.07. The van der Waals surface area contributed by atoms with E-state index in [4.69, 9.17) is 10.4 Å². The van der Waals surface area contributed by atoms with Gasteiger partial charge in [-0.05, 0) is 50.7 Å². The first-order chi connectivity index (χ1) is 16.1. The molecule has 0 aliphatic carbocycles. The van der Waals surface area contributed by atoms with Gasteiger partial charge in [0.2, 0.25) is 0 Å². The molecule has 0 spiro atoms. The van der Waals surface area contributed by atoms with Crippen LogP contribution in [0.3, 0.4) is 0 Å². The Morgan fingerprint density at radius 3 is 2.15 bits per heavy atom. The molecule has 9 heteroatoms. The van der Waals surface area contributed by atoms with Gasteiger partial charge < -0.3 is 25.3 Å². The lowest BCUT2D eigenvalue weighted by Gasteiger charge is -2.34. The van der Waals surface area contributed by atoms with Crippen molar-refractivity contribution in [3.05, 3.63) is 17.7 Å². The van der Waals surface area contributed by atoms with Crippen LogP contribution in [0.25, 0.3) is 0 Å². The van der Waals surface area contributed by atoms with Crippen molar-refractivity contribution in [2.24, 2.45) is 0 Å². The zero-order valence-corrected chi connectivity index (χ0v) is 19.7. The Hall–Kier alpha value is -2.84. The number of carbonyl (C=O) groups is 2. The van der Waals surface area contributed by atoms with Crippen molar-refractivity contribution >= 4 is 29.3 Å². The summed E-state index contributed by atoms with van der Waals surface area (Å²) in [6, 6.07) is 3.85. The Kier molecular flexibility index (Phi) is 7.67.